The summed E-state index contributed by atoms with van der Waals surface area (Å²) in [6, 6.07) is 14.5. The highest BCUT2D eigenvalue weighted by Gasteiger charge is 2.31. The molecule has 4 rings (SSSR count). The molecule has 1 heterocycles. The first-order valence-electron chi connectivity index (χ1n) is 15.6. The van der Waals surface area contributed by atoms with Gasteiger partial charge in [0.25, 0.3) is 0 Å². The molecule has 12 heteroatoms. The molecule has 3 aromatic rings. The van der Waals surface area contributed by atoms with Crippen molar-refractivity contribution in [2.24, 2.45) is 0 Å². The number of hydrogen-bond donors (Lipinski definition) is 3. The number of carbonyl (C=O) groups excluding carboxylic acids is 2. The van der Waals surface area contributed by atoms with Crippen molar-refractivity contribution in [3.8, 4) is 11.1 Å². The fourth-order valence-electron chi connectivity index (χ4n) is 5.39. The summed E-state index contributed by atoms with van der Waals surface area (Å²) < 4.78 is 18.4. The molecule has 0 bridgehead atoms. The Morgan fingerprint density at radius 1 is 0.913 bits per heavy atom. The summed E-state index contributed by atoms with van der Waals surface area (Å²) in [5.74, 6) is -0.868. The lowest BCUT2D eigenvalue weighted by Gasteiger charge is -2.27. The van der Waals surface area contributed by atoms with Crippen molar-refractivity contribution >= 4 is 18.2 Å². The van der Waals surface area contributed by atoms with E-state index in [1.807, 2.05) is 45.0 Å². The standard InChI is InChI=1S/C34H45N5O7/c1-33(2,3)45-20-27(37-32(43)46-34(4,5)6)29-38-36-21-39(29)28(30(40)41)17-11-12-18-35-31(42)44-19-26-24-15-9-7-13-22(24)23-14-8-10-16-25(23)26/h7-10,13-16,21,26-28H,11-12,17-20H2,1-6H3,(H,35,42)(H,37,43)(H,40,41)/t27-,28-/m0/s1. The number of nitrogens with zero attached hydrogens (tertiary/aromatic N) is 3. The lowest BCUT2D eigenvalue weighted by molar-refractivity contribution is -0.141. The van der Waals surface area contributed by atoms with Crippen LogP contribution in [0.15, 0.2) is 54.9 Å². The molecule has 0 fully saturated rings. The van der Waals surface area contributed by atoms with Crippen LogP contribution >= 0.6 is 0 Å². The molecule has 0 spiro atoms. The van der Waals surface area contributed by atoms with Gasteiger partial charge in [-0.3, -0.25) is 0 Å². The Morgan fingerprint density at radius 2 is 1.54 bits per heavy atom. The van der Waals surface area contributed by atoms with E-state index in [1.165, 1.54) is 10.9 Å². The number of aromatic nitrogens is 3. The van der Waals surface area contributed by atoms with Crippen LogP contribution in [-0.2, 0) is 19.0 Å². The molecule has 1 aromatic heterocycles. The van der Waals surface area contributed by atoms with E-state index in [-0.39, 0.29) is 31.4 Å². The molecule has 0 saturated carbocycles. The van der Waals surface area contributed by atoms with E-state index in [9.17, 15) is 19.5 Å². The van der Waals surface area contributed by atoms with E-state index in [4.69, 9.17) is 14.2 Å². The van der Waals surface area contributed by atoms with Gasteiger partial charge in [-0.15, -0.1) is 10.2 Å². The van der Waals surface area contributed by atoms with E-state index in [0.29, 0.717) is 19.4 Å². The molecule has 46 heavy (non-hydrogen) atoms. The number of amides is 2. The number of hydrogen-bond acceptors (Lipinski definition) is 8. The summed E-state index contributed by atoms with van der Waals surface area (Å²) in [5.41, 5.74) is 3.33. The number of ether oxygens (including phenoxy) is 3. The largest absolute Gasteiger partial charge is 0.480 e. The first-order chi connectivity index (χ1) is 21.7. The van der Waals surface area contributed by atoms with Gasteiger partial charge in [-0.05, 0) is 83.1 Å². The molecule has 2 atom stereocenters. The minimum Gasteiger partial charge on any atom is -0.480 e. The van der Waals surface area contributed by atoms with Crippen molar-refractivity contribution in [1.82, 2.24) is 25.4 Å². The predicted molar refractivity (Wildman–Crippen MR) is 171 cm³/mol. The lowest BCUT2D eigenvalue weighted by atomic mass is 9.98. The molecule has 248 valence electrons. The zero-order valence-corrected chi connectivity index (χ0v) is 27.4. The summed E-state index contributed by atoms with van der Waals surface area (Å²) in [6.45, 7) is 11.4. The molecular formula is C34H45N5O7. The second-order valence-corrected chi connectivity index (χ2v) is 13.3. The summed E-state index contributed by atoms with van der Waals surface area (Å²) in [6.07, 6.45) is 1.39. The summed E-state index contributed by atoms with van der Waals surface area (Å²) in [4.78, 5) is 37.5. The first-order valence-corrected chi connectivity index (χ1v) is 15.6. The summed E-state index contributed by atoms with van der Waals surface area (Å²) in [5, 5.41) is 23.7. The molecule has 1 aliphatic carbocycles. The van der Waals surface area contributed by atoms with Crippen LogP contribution < -0.4 is 10.6 Å². The number of carboxylic acids is 1. The van der Waals surface area contributed by atoms with E-state index in [1.54, 1.807) is 20.8 Å². The second-order valence-electron chi connectivity index (χ2n) is 13.3. The average Bonchev–Trinajstić information content (AvgIpc) is 3.57. The molecule has 3 N–H and O–H groups in total. The molecule has 12 nitrogen and oxygen atoms in total. The maximum absolute atomic E-state index is 12.6. The Hall–Kier alpha value is -4.45. The summed E-state index contributed by atoms with van der Waals surface area (Å²) in [7, 11) is 0. The van der Waals surface area contributed by atoms with Gasteiger partial charge in [0, 0.05) is 12.5 Å². The predicted octanol–water partition coefficient (Wildman–Crippen LogP) is 5.99. The second kappa shape index (κ2) is 14.8. The molecule has 0 saturated heterocycles. The number of carboxylic acid groups (broad SMARTS) is 1. The number of carbonyl (C=O) groups is 3. The van der Waals surface area contributed by atoms with Gasteiger partial charge in [-0.2, -0.15) is 0 Å². The van der Waals surface area contributed by atoms with Crippen molar-refractivity contribution in [2.75, 3.05) is 19.8 Å². The topological polar surface area (TPSA) is 154 Å². The quantitative estimate of drug-likeness (QED) is 0.192. The van der Waals surface area contributed by atoms with Gasteiger partial charge in [-0.1, -0.05) is 48.5 Å². The SMILES string of the molecule is CC(C)(C)OC[C@H](NC(=O)OC(C)(C)C)c1nncn1[C@@H](CCCCNC(=O)OCC1c2ccccc2-c2ccccc21)C(=O)O. The van der Waals surface area contributed by atoms with Crippen molar-refractivity contribution in [1.29, 1.82) is 0 Å². The van der Waals surface area contributed by atoms with E-state index in [2.05, 4.69) is 45.1 Å². The Balaban J connectivity index is 1.30. The number of rotatable bonds is 13. The molecule has 0 unspecified atom stereocenters. The third kappa shape index (κ3) is 9.29. The highest BCUT2D eigenvalue weighted by Crippen LogP contribution is 2.44. The molecular weight excluding hydrogens is 590 g/mol. The average molecular weight is 636 g/mol. The fraction of sp³-hybridized carbons (Fsp3) is 0.500. The number of unbranched alkanes of at least 4 members (excludes halogenated alkanes) is 1. The third-order valence-corrected chi connectivity index (χ3v) is 7.42. The van der Waals surface area contributed by atoms with Gasteiger partial charge >= 0.3 is 18.2 Å². The van der Waals surface area contributed by atoms with Gasteiger partial charge in [0.05, 0.1) is 12.2 Å². The smallest absolute Gasteiger partial charge is 0.408 e. The zero-order chi connectivity index (χ0) is 33.5. The molecule has 1 aliphatic rings. The zero-order valence-electron chi connectivity index (χ0n) is 27.4. The number of aliphatic carboxylic acids is 1. The molecule has 2 amide bonds. The normalized spacial score (nSPS) is 14.1. The van der Waals surface area contributed by atoms with Gasteiger partial charge in [0.2, 0.25) is 0 Å². The number of nitrogens with one attached hydrogen (secondary N) is 2. The third-order valence-electron chi connectivity index (χ3n) is 7.42. The minimum absolute atomic E-state index is 0.0256. The Kier molecular flexibility index (Phi) is 11.0. The maximum Gasteiger partial charge on any atom is 0.408 e. The van der Waals surface area contributed by atoms with Gasteiger partial charge in [0.15, 0.2) is 5.82 Å². The van der Waals surface area contributed by atoms with Gasteiger partial charge in [0.1, 0.15) is 30.6 Å². The highest BCUT2D eigenvalue weighted by atomic mass is 16.6. The number of benzene rings is 2. The van der Waals surface area contributed by atoms with Crippen molar-refractivity contribution in [3.05, 3.63) is 71.8 Å². The summed E-state index contributed by atoms with van der Waals surface area (Å²) >= 11 is 0. The van der Waals surface area contributed by atoms with Crippen LogP contribution in [0, 0.1) is 0 Å². The van der Waals surface area contributed by atoms with Gasteiger partial charge < -0.3 is 34.5 Å². The van der Waals surface area contributed by atoms with Crippen LogP contribution in [0.25, 0.3) is 11.1 Å². The van der Waals surface area contributed by atoms with Crippen LogP contribution in [0.4, 0.5) is 9.59 Å². The van der Waals surface area contributed by atoms with Crippen LogP contribution in [0.3, 0.4) is 0 Å². The van der Waals surface area contributed by atoms with Crippen molar-refractivity contribution in [3.63, 3.8) is 0 Å². The van der Waals surface area contributed by atoms with E-state index < -0.39 is 41.4 Å². The first kappa shape index (κ1) is 34.4. The minimum atomic E-state index is -1.07. The van der Waals surface area contributed by atoms with Crippen LogP contribution in [0.1, 0.15) is 95.8 Å². The Bertz CT molecular complexity index is 1460. The number of alkyl carbamates (subject to hydrolysis) is 2. The van der Waals surface area contributed by atoms with E-state index >= 15 is 0 Å². The number of fused-ring (bicyclic) bond motifs is 3. The van der Waals surface area contributed by atoms with Crippen LogP contribution in [0.5, 0.6) is 0 Å². The maximum atomic E-state index is 12.6. The highest BCUT2D eigenvalue weighted by molar-refractivity contribution is 5.79. The Morgan fingerprint density at radius 3 is 2.13 bits per heavy atom. The van der Waals surface area contributed by atoms with Crippen LogP contribution in [0.2, 0.25) is 0 Å². The lowest BCUT2D eigenvalue weighted by Crippen LogP contribution is -2.39. The fourth-order valence-corrected chi connectivity index (χ4v) is 5.39. The van der Waals surface area contributed by atoms with Crippen molar-refractivity contribution in [2.45, 2.75) is 90.0 Å². The molecule has 2 aromatic carbocycles. The van der Waals surface area contributed by atoms with Gasteiger partial charge in [-0.25, -0.2) is 14.4 Å². The van der Waals surface area contributed by atoms with Crippen molar-refractivity contribution < 1.29 is 33.7 Å². The monoisotopic (exact) mass is 635 g/mol. The Labute approximate surface area is 269 Å². The van der Waals surface area contributed by atoms with E-state index in [0.717, 1.165) is 22.3 Å². The molecule has 0 aliphatic heterocycles. The molecule has 0 radical (unpaired) electrons. The van der Waals surface area contributed by atoms with Crippen LogP contribution in [-0.4, -0.2) is 69.0 Å².